The predicted molar refractivity (Wildman–Crippen MR) is 246 cm³/mol. The molecule has 2 aromatic heterocycles. The fourth-order valence-corrected chi connectivity index (χ4v) is 6.85. The van der Waals surface area contributed by atoms with Gasteiger partial charge in [-0.25, -0.2) is 9.97 Å². The van der Waals surface area contributed by atoms with Crippen LogP contribution in [-0.2, 0) is 67.2 Å². The summed E-state index contributed by atoms with van der Waals surface area (Å²) in [7, 11) is 1.46. The molecule has 0 aliphatic carbocycles. The molecular weight excluding hydrogens is 869 g/mol. The summed E-state index contributed by atoms with van der Waals surface area (Å²) in [5, 5.41) is 23.6. The highest BCUT2D eigenvalue weighted by Crippen LogP contribution is 2.21. The van der Waals surface area contributed by atoms with Crippen molar-refractivity contribution in [1.82, 2.24) is 30.8 Å². The van der Waals surface area contributed by atoms with Gasteiger partial charge in [0.1, 0.15) is 17.4 Å². The van der Waals surface area contributed by atoms with Gasteiger partial charge >= 0.3 is 5.97 Å². The maximum atomic E-state index is 13.1. The zero-order valence-corrected chi connectivity index (χ0v) is 38.4. The molecule has 1 aliphatic heterocycles. The van der Waals surface area contributed by atoms with Crippen LogP contribution in [0.5, 0.6) is 5.88 Å². The number of ether oxygens (including phenoxy) is 4. The molecule has 364 valence electrons. The van der Waals surface area contributed by atoms with E-state index < -0.39 is 23.8 Å². The van der Waals surface area contributed by atoms with Crippen molar-refractivity contribution in [3.63, 3.8) is 0 Å². The number of nitrogens with zero attached hydrogens (tertiary/aromatic N) is 3. The number of amides is 4. The number of methoxy groups -OCH3 is 1. The average molecular weight is 933 g/mol. The van der Waals surface area contributed by atoms with Crippen molar-refractivity contribution >= 4 is 52.7 Å². The SMILES string of the molecule is COc1ccc(C(CC(=O)O)NC(=O)CNC(=O)CN(CCOCCOCCOCCNC(=O)CCCC(=O)Nc2ccc(CCC(=O)CC(C)=O)cc2)Cc2ccc3c(n2)NCCC3)cn1. The van der Waals surface area contributed by atoms with Crippen LogP contribution in [-0.4, -0.2) is 141 Å². The van der Waals surface area contributed by atoms with Gasteiger partial charge in [0.15, 0.2) is 0 Å². The van der Waals surface area contributed by atoms with Crippen molar-refractivity contribution in [3.05, 3.63) is 77.1 Å². The zero-order valence-electron chi connectivity index (χ0n) is 38.4. The Bertz CT molecular complexity index is 2070. The summed E-state index contributed by atoms with van der Waals surface area (Å²) in [4.78, 5) is 95.5. The number of hydrogen-bond donors (Lipinski definition) is 6. The van der Waals surface area contributed by atoms with E-state index in [1.807, 2.05) is 29.2 Å². The highest BCUT2D eigenvalue weighted by Gasteiger charge is 2.21. The van der Waals surface area contributed by atoms with Gasteiger partial charge < -0.3 is 50.6 Å². The number of benzene rings is 1. The number of carboxylic acid groups (broad SMARTS) is 1. The Morgan fingerprint density at radius 1 is 0.821 bits per heavy atom. The highest BCUT2D eigenvalue weighted by molar-refractivity contribution is 5.98. The Balaban J connectivity index is 1.06. The molecule has 1 aliphatic rings. The van der Waals surface area contributed by atoms with Crippen LogP contribution in [0.15, 0.2) is 54.7 Å². The normalized spacial score (nSPS) is 12.3. The van der Waals surface area contributed by atoms with Gasteiger partial charge in [-0.05, 0) is 67.5 Å². The molecule has 1 aromatic carbocycles. The molecule has 0 fully saturated rings. The van der Waals surface area contributed by atoms with Crippen LogP contribution in [0.3, 0.4) is 0 Å². The molecular formula is C47H64N8O12. The Kier molecular flexibility index (Phi) is 23.9. The largest absolute Gasteiger partial charge is 0.481 e. The summed E-state index contributed by atoms with van der Waals surface area (Å²) in [5.74, 6) is -1.54. The summed E-state index contributed by atoms with van der Waals surface area (Å²) in [5.41, 5.74) is 3.94. The molecule has 0 saturated carbocycles. The summed E-state index contributed by atoms with van der Waals surface area (Å²) < 4.78 is 22.0. The Morgan fingerprint density at radius 2 is 1.55 bits per heavy atom. The fraction of sp³-hybridized carbons (Fsp3) is 0.511. The molecule has 67 heavy (non-hydrogen) atoms. The van der Waals surface area contributed by atoms with Gasteiger partial charge in [0.25, 0.3) is 0 Å². The molecule has 1 atom stereocenters. The number of anilines is 2. The van der Waals surface area contributed by atoms with Crippen molar-refractivity contribution in [1.29, 1.82) is 0 Å². The number of fused-ring (bicyclic) bond motifs is 1. The number of Topliss-reactive ketones (excluding diaryl/α,β-unsaturated/α-hetero) is 2. The number of aryl methyl sites for hydroxylation is 2. The number of carbonyl (C=O) groups excluding carboxylic acids is 6. The van der Waals surface area contributed by atoms with Crippen LogP contribution >= 0.6 is 0 Å². The smallest absolute Gasteiger partial charge is 0.305 e. The first-order valence-electron chi connectivity index (χ1n) is 22.5. The zero-order chi connectivity index (χ0) is 48.2. The van der Waals surface area contributed by atoms with Crippen LogP contribution in [0.1, 0.15) is 80.3 Å². The predicted octanol–water partition coefficient (Wildman–Crippen LogP) is 2.55. The first-order valence-corrected chi connectivity index (χ1v) is 22.5. The molecule has 6 N–H and O–H groups in total. The van der Waals surface area contributed by atoms with Crippen molar-refractivity contribution in [3.8, 4) is 5.88 Å². The van der Waals surface area contributed by atoms with Crippen LogP contribution in [0.4, 0.5) is 11.5 Å². The number of pyridine rings is 2. The van der Waals surface area contributed by atoms with Gasteiger partial charge in [-0.2, -0.15) is 0 Å². The Hall–Kier alpha value is -6.35. The van der Waals surface area contributed by atoms with Gasteiger partial charge in [-0.1, -0.05) is 24.3 Å². The van der Waals surface area contributed by atoms with E-state index in [-0.39, 0.29) is 75.2 Å². The number of hydrogen-bond acceptors (Lipinski definition) is 15. The molecule has 20 heteroatoms. The van der Waals surface area contributed by atoms with Gasteiger partial charge in [0.05, 0.1) is 84.4 Å². The van der Waals surface area contributed by atoms with Crippen LogP contribution in [0.2, 0.25) is 0 Å². The number of ketones is 2. The summed E-state index contributed by atoms with van der Waals surface area (Å²) in [6.45, 7) is 4.70. The molecule has 20 nitrogen and oxygen atoms in total. The third-order valence-electron chi connectivity index (χ3n) is 10.3. The van der Waals surface area contributed by atoms with Gasteiger partial charge in [0.2, 0.25) is 29.5 Å². The maximum Gasteiger partial charge on any atom is 0.305 e. The van der Waals surface area contributed by atoms with E-state index in [1.165, 1.54) is 20.2 Å². The second-order valence-corrected chi connectivity index (χ2v) is 15.9. The Morgan fingerprint density at radius 3 is 2.25 bits per heavy atom. The molecule has 0 saturated heterocycles. The molecule has 4 amide bonds. The maximum absolute atomic E-state index is 13.1. The van der Waals surface area contributed by atoms with Gasteiger partial charge in [-0.3, -0.25) is 38.5 Å². The molecule has 3 heterocycles. The minimum atomic E-state index is -1.11. The first-order chi connectivity index (χ1) is 32.4. The van der Waals surface area contributed by atoms with E-state index in [0.29, 0.717) is 82.6 Å². The summed E-state index contributed by atoms with van der Waals surface area (Å²) in [6, 6.07) is 13.5. The standard InChI is InChI=1S/C47H64N8O12/c1-33(56)27-39(57)16-10-34-8-13-37(14-9-34)52-42(59)7-3-6-41(58)48-19-21-65-23-25-67-26-24-66-22-20-55(31-38-15-11-35-5-4-18-49-47(35)53-38)32-44(61)50-30-43(60)54-40(28-46(62)63)36-12-17-45(64-2)51-29-36/h8-9,11-15,17,29,40H,3-7,10,16,18-28,30-32H2,1-2H3,(H,48,58)(H,49,53)(H,50,61)(H,52,59)(H,54,60)(H,62,63). The van der Waals surface area contributed by atoms with Crippen LogP contribution in [0.25, 0.3) is 0 Å². The number of carbonyl (C=O) groups is 7. The lowest BCUT2D eigenvalue weighted by molar-refractivity contribution is -0.138. The number of aromatic nitrogens is 2. The molecule has 0 bridgehead atoms. The van der Waals surface area contributed by atoms with Crippen LogP contribution < -0.4 is 31.3 Å². The van der Waals surface area contributed by atoms with Gasteiger partial charge in [-0.15, -0.1) is 0 Å². The second-order valence-electron chi connectivity index (χ2n) is 15.9. The molecule has 0 radical (unpaired) electrons. The lowest BCUT2D eigenvalue weighted by Crippen LogP contribution is -2.43. The minimum Gasteiger partial charge on any atom is -0.481 e. The fourth-order valence-electron chi connectivity index (χ4n) is 6.85. The number of nitrogens with one attached hydrogen (secondary N) is 5. The van der Waals surface area contributed by atoms with E-state index in [2.05, 4.69) is 31.6 Å². The summed E-state index contributed by atoms with van der Waals surface area (Å²) in [6.07, 6.45) is 4.54. The first kappa shape index (κ1) is 53.3. The third-order valence-corrected chi connectivity index (χ3v) is 10.3. The number of rotatable bonds is 33. The van der Waals surface area contributed by atoms with E-state index in [0.717, 1.165) is 42.0 Å². The third kappa shape index (κ3) is 22.1. The minimum absolute atomic E-state index is 0.0512. The molecule has 3 aromatic rings. The summed E-state index contributed by atoms with van der Waals surface area (Å²) >= 11 is 0. The van der Waals surface area contributed by atoms with Gasteiger partial charge in [0, 0.05) is 63.4 Å². The molecule has 4 rings (SSSR count). The topological polar surface area (TPSA) is 266 Å². The average Bonchev–Trinajstić information content (AvgIpc) is 3.30. The molecule has 1 unspecified atom stereocenters. The monoisotopic (exact) mass is 932 g/mol. The van der Waals surface area contributed by atoms with E-state index in [9.17, 15) is 38.7 Å². The lowest BCUT2D eigenvalue weighted by atomic mass is 10.0. The molecule has 0 spiro atoms. The second kappa shape index (κ2) is 30.0. The quantitative estimate of drug-likeness (QED) is 0.0379. The Labute approximate surface area is 390 Å². The van der Waals surface area contributed by atoms with Crippen LogP contribution in [0, 0.1) is 0 Å². The number of aliphatic carboxylic acids is 1. The van der Waals surface area contributed by atoms with Crippen molar-refractivity contribution < 1.29 is 57.6 Å². The number of carboxylic acids is 1. The van der Waals surface area contributed by atoms with E-state index >= 15 is 0 Å². The lowest BCUT2D eigenvalue weighted by Gasteiger charge is -2.23. The van der Waals surface area contributed by atoms with E-state index in [1.54, 1.807) is 24.3 Å². The van der Waals surface area contributed by atoms with E-state index in [4.69, 9.17) is 23.9 Å². The van der Waals surface area contributed by atoms with Crippen molar-refractivity contribution in [2.24, 2.45) is 0 Å². The van der Waals surface area contributed by atoms with Crippen molar-refractivity contribution in [2.75, 3.05) is 90.1 Å². The highest BCUT2D eigenvalue weighted by atomic mass is 16.5. The van der Waals surface area contributed by atoms with Crippen molar-refractivity contribution in [2.45, 2.75) is 77.3 Å².